The maximum atomic E-state index is 13.2. The van der Waals surface area contributed by atoms with E-state index in [2.05, 4.69) is 4.90 Å². The number of aliphatic carboxylic acids is 1. The first-order chi connectivity index (χ1) is 9.97. The molecule has 0 unspecified atom stereocenters. The van der Waals surface area contributed by atoms with E-state index in [-0.39, 0.29) is 5.92 Å². The number of carboxylic acids is 1. The topological polar surface area (TPSA) is 83.7 Å². The van der Waals surface area contributed by atoms with E-state index in [0.29, 0.717) is 44.5 Å². The molecule has 6 nitrogen and oxygen atoms in total. The van der Waals surface area contributed by atoms with Gasteiger partial charge in [0.05, 0.1) is 10.8 Å². The van der Waals surface area contributed by atoms with Crippen molar-refractivity contribution in [1.29, 1.82) is 0 Å². The van der Waals surface area contributed by atoms with Crippen molar-refractivity contribution in [2.75, 3.05) is 19.6 Å². The number of carboxylic acid groups (broad SMARTS) is 1. The smallest absolute Gasteiger partial charge is 0.306 e. The maximum Gasteiger partial charge on any atom is 0.306 e. The molecule has 0 saturated carbocycles. The number of benzene rings is 1. The van der Waals surface area contributed by atoms with Crippen LogP contribution in [0.25, 0.3) is 0 Å². The number of nitro groups is 1. The lowest BCUT2D eigenvalue weighted by molar-refractivity contribution is -0.387. The Morgan fingerprint density at radius 1 is 1.43 bits per heavy atom. The van der Waals surface area contributed by atoms with Gasteiger partial charge in [0.2, 0.25) is 5.82 Å². The molecule has 21 heavy (non-hydrogen) atoms. The standard InChI is InChI=1S/C14H17FN2O4/c15-12-2-1-10(9-13(12)17(20)21)3-6-16-7-4-11(5-8-16)14(18)19/h1-2,9,11H,3-8H2,(H,18,19). The Labute approximate surface area is 121 Å². The summed E-state index contributed by atoms with van der Waals surface area (Å²) in [7, 11) is 0. The van der Waals surface area contributed by atoms with Gasteiger partial charge in [-0.3, -0.25) is 14.9 Å². The van der Waals surface area contributed by atoms with Crippen molar-refractivity contribution in [2.24, 2.45) is 5.92 Å². The van der Waals surface area contributed by atoms with Gasteiger partial charge in [-0.2, -0.15) is 4.39 Å². The molecule has 0 radical (unpaired) electrons. The summed E-state index contributed by atoms with van der Waals surface area (Å²) >= 11 is 0. The second-order valence-corrected chi connectivity index (χ2v) is 5.25. The summed E-state index contributed by atoms with van der Waals surface area (Å²) in [4.78, 5) is 22.9. The number of rotatable bonds is 5. The number of nitro benzene ring substituents is 1. The summed E-state index contributed by atoms with van der Waals surface area (Å²) in [6.07, 6.45) is 1.83. The molecule has 0 bridgehead atoms. The summed E-state index contributed by atoms with van der Waals surface area (Å²) in [5, 5.41) is 19.6. The first-order valence-electron chi connectivity index (χ1n) is 6.85. The molecular weight excluding hydrogens is 279 g/mol. The van der Waals surface area contributed by atoms with Gasteiger partial charge in [0.15, 0.2) is 0 Å². The second kappa shape index (κ2) is 6.62. The van der Waals surface area contributed by atoms with Gasteiger partial charge in [-0.25, -0.2) is 0 Å². The van der Waals surface area contributed by atoms with Crippen LogP contribution < -0.4 is 0 Å². The molecule has 1 heterocycles. The van der Waals surface area contributed by atoms with Crippen molar-refractivity contribution >= 4 is 11.7 Å². The molecule has 1 saturated heterocycles. The molecule has 0 spiro atoms. The van der Waals surface area contributed by atoms with Crippen molar-refractivity contribution in [2.45, 2.75) is 19.3 Å². The van der Waals surface area contributed by atoms with Gasteiger partial charge < -0.3 is 10.0 Å². The Morgan fingerprint density at radius 2 is 2.10 bits per heavy atom. The van der Waals surface area contributed by atoms with Crippen LogP contribution in [0, 0.1) is 21.8 Å². The summed E-state index contributed by atoms with van der Waals surface area (Å²) in [6.45, 7) is 2.11. The lowest BCUT2D eigenvalue weighted by atomic mass is 9.97. The van der Waals surface area contributed by atoms with Gasteiger partial charge in [0.25, 0.3) is 0 Å². The third kappa shape index (κ3) is 3.98. The van der Waals surface area contributed by atoms with E-state index in [1.54, 1.807) is 6.07 Å². The Balaban J connectivity index is 1.88. The van der Waals surface area contributed by atoms with Crippen LogP contribution in [0.2, 0.25) is 0 Å². The fourth-order valence-corrected chi connectivity index (χ4v) is 2.54. The van der Waals surface area contributed by atoms with Crippen molar-refractivity contribution < 1.29 is 19.2 Å². The van der Waals surface area contributed by atoms with Crippen LogP contribution in [-0.2, 0) is 11.2 Å². The van der Waals surface area contributed by atoms with E-state index in [0.717, 1.165) is 6.07 Å². The molecule has 1 aliphatic rings. The molecule has 1 aromatic rings. The summed E-state index contributed by atoms with van der Waals surface area (Å²) in [5.74, 6) is -1.84. The highest BCUT2D eigenvalue weighted by molar-refractivity contribution is 5.70. The lowest BCUT2D eigenvalue weighted by Crippen LogP contribution is -2.37. The molecule has 1 aliphatic heterocycles. The quantitative estimate of drug-likeness (QED) is 0.664. The van der Waals surface area contributed by atoms with E-state index in [1.807, 2.05) is 0 Å². The minimum atomic E-state index is -0.828. The second-order valence-electron chi connectivity index (χ2n) is 5.25. The van der Waals surface area contributed by atoms with Crippen LogP contribution in [0.4, 0.5) is 10.1 Å². The first kappa shape index (κ1) is 15.4. The monoisotopic (exact) mass is 296 g/mol. The lowest BCUT2D eigenvalue weighted by Gasteiger charge is -2.29. The Kier molecular flexibility index (Phi) is 4.85. The zero-order chi connectivity index (χ0) is 15.4. The zero-order valence-electron chi connectivity index (χ0n) is 11.5. The molecule has 1 aromatic carbocycles. The minimum Gasteiger partial charge on any atom is -0.481 e. The Morgan fingerprint density at radius 3 is 2.67 bits per heavy atom. The molecule has 0 amide bonds. The summed E-state index contributed by atoms with van der Waals surface area (Å²) in [5.41, 5.74) is 0.209. The number of hydrogen-bond donors (Lipinski definition) is 1. The number of nitrogens with zero attached hydrogens (tertiary/aromatic N) is 2. The van der Waals surface area contributed by atoms with Gasteiger partial charge >= 0.3 is 11.7 Å². The maximum absolute atomic E-state index is 13.2. The van der Waals surface area contributed by atoms with E-state index >= 15 is 0 Å². The van der Waals surface area contributed by atoms with Crippen LogP contribution >= 0.6 is 0 Å². The molecule has 1 N–H and O–H groups in total. The average molecular weight is 296 g/mol. The third-order valence-electron chi connectivity index (χ3n) is 3.86. The van der Waals surface area contributed by atoms with Crippen molar-refractivity contribution in [3.8, 4) is 0 Å². The molecule has 0 atom stereocenters. The van der Waals surface area contributed by atoms with E-state index in [4.69, 9.17) is 5.11 Å². The average Bonchev–Trinajstić information content (AvgIpc) is 2.46. The first-order valence-corrected chi connectivity index (χ1v) is 6.85. The molecule has 2 rings (SSSR count). The molecule has 114 valence electrons. The van der Waals surface area contributed by atoms with E-state index in [1.165, 1.54) is 6.07 Å². The third-order valence-corrected chi connectivity index (χ3v) is 3.86. The van der Waals surface area contributed by atoms with Crippen molar-refractivity contribution in [3.05, 3.63) is 39.7 Å². The van der Waals surface area contributed by atoms with Crippen LogP contribution in [0.3, 0.4) is 0 Å². The Bertz CT molecular complexity index is 542. The number of likely N-dealkylation sites (tertiary alicyclic amines) is 1. The zero-order valence-corrected chi connectivity index (χ0v) is 11.5. The molecular formula is C14H17FN2O4. The predicted octanol–water partition coefficient (Wildman–Crippen LogP) is 2.07. The van der Waals surface area contributed by atoms with Crippen LogP contribution in [-0.4, -0.2) is 40.5 Å². The molecule has 0 aromatic heterocycles. The number of piperidine rings is 1. The number of halogens is 1. The van der Waals surface area contributed by atoms with Gasteiger partial charge in [-0.15, -0.1) is 0 Å². The van der Waals surface area contributed by atoms with Crippen LogP contribution in [0.1, 0.15) is 18.4 Å². The molecule has 0 aliphatic carbocycles. The number of hydrogen-bond acceptors (Lipinski definition) is 4. The highest BCUT2D eigenvalue weighted by Gasteiger charge is 2.24. The van der Waals surface area contributed by atoms with Crippen molar-refractivity contribution in [3.63, 3.8) is 0 Å². The molecule has 7 heteroatoms. The predicted molar refractivity (Wildman–Crippen MR) is 73.6 cm³/mol. The fraction of sp³-hybridized carbons (Fsp3) is 0.500. The van der Waals surface area contributed by atoms with Gasteiger partial charge in [-0.05, 0) is 44.0 Å². The molecule has 1 fully saturated rings. The largest absolute Gasteiger partial charge is 0.481 e. The van der Waals surface area contributed by atoms with Gasteiger partial charge in [0.1, 0.15) is 0 Å². The summed E-state index contributed by atoms with van der Waals surface area (Å²) in [6, 6.07) is 3.93. The number of carbonyl (C=O) groups is 1. The van der Waals surface area contributed by atoms with E-state index < -0.39 is 22.4 Å². The fourth-order valence-electron chi connectivity index (χ4n) is 2.54. The highest BCUT2D eigenvalue weighted by atomic mass is 19.1. The Hall–Kier alpha value is -2.02. The summed E-state index contributed by atoms with van der Waals surface area (Å²) < 4.78 is 13.2. The van der Waals surface area contributed by atoms with Crippen molar-refractivity contribution in [1.82, 2.24) is 4.90 Å². The van der Waals surface area contributed by atoms with Gasteiger partial charge in [0, 0.05) is 12.6 Å². The van der Waals surface area contributed by atoms with E-state index in [9.17, 15) is 19.3 Å². The van der Waals surface area contributed by atoms with Gasteiger partial charge in [-0.1, -0.05) is 6.07 Å². The SMILES string of the molecule is O=C(O)C1CCN(CCc2ccc(F)c([N+](=O)[O-])c2)CC1. The normalized spacial score (nSPS) is 16.8. The van der Waals surface area contributed by atoms with Crippen LogP contribution in [0.15, 0.2) is 18.2 Å². The highest BCUT2D eigenvalue weighted by Crippen LogP contribution is 2.20. The van der Waals surface area contributed by atoms with Crippen LogP contribution in [0.5, 0.6) is 0 Å². The minimum absolute atomic E-state index is 0.270.